The summed E-state index contributed by atoms with van der Waals surface area (Å²) >= 11 is 0. The van der Waals surface area contributed by atoms with Gasteiger partial charge in [-0.15, -0.1) is 0 Å². The van der Waals surface area contributed by atoms with E-state index < -0.39 is 71.9 Å². The second kappa shape index (κ2) is 28.1. The van der Waals surface area contributed by atoms with E-state index >= 15 is 0 Å². The van der Waals surface area contributed by atoms with Gasteiger partial charge in [-0.25, -0.2) is 4.79 Å². The van der Waals surface area contributed by atoms with Gasteiger partial charge >= 0.3 is 5.97 Å². The zero-order valence-electron chi connectivity index (χ0n) is 41.1. The number of nitrogens with zero attached hydrogens (tertiary/aromatic N) is 3. The number of carboxylic acid groups (broad SMARTS) is 1. The second-order valence-corrected chi connectivity index (χ2v) is 18.6. The highest BCUT2D eigenvalue weighted by Crippen LogP contribution is 2.23. The third-order valence-corrected chi connectivity index (χ3v) is 12.7. The predicted molar refractivity (Wildman–Crippen MR) is 250 cm³/mol. The van der Waals surface area contributed by atoms with Gasteiger partial charge in [0.1, 0.15) is 18.1 Å². The van der Waals surface area contributed by atoms with Gasteiger partial charge in [0.05, 0.1) is 30.6 Å². The maximum absolute atomic E-state index is 14.2. The molecule has 0 spiro atoms. The van der Waals surface area contributed by atoms with Crippen LogP contribution in [0.1, 0.15) is 112 Å². The number of aliphatic hydroxyl groups is 1. The van der Waals surface area contributed by atoms with Crippen LogP contribution in [0.4, 0.5) is 0 Å². The van der Waals surface area contributed by atoms with E-state index in [2.05, 4.69) is 16.0 Å². The lowest BCUT2D eigenvalue weighted by atomic mass is 9.90. The molecule has 0 bridgehead atoms. The standard InChI is InChI=1S/C49H78N6O11/c1-12-33(7)45(37(56)28-39(57)50-29-32(6)22-23-38(66-11)34(8)46(61)51-36(49(64)65)27-35-19-15-13-16-20-35)54(10)48(63)43(30(2)3)52-47(62)44(31(4)5)53(9)40(58)21-17-14-18-26-55-41(59)24-25-42(55)60/h13,15-16,19-20,24-25,30-34,36-38,43-45,56H,12,14,17-18,21-23,26-29H2,1-11H3,(H,50,57)(H,51,61)(H,52,62)(H,64,65)/t32-,33+,34-,36+,37?,38?,43+,44?,45?/m1/s1. The lowest BCUT2D eigenvalue weighted by Gasteiger charge is -2.39. The zero-order valence-corrected chi connectivity index (χ0v) is 41.1. The molecule has 5 N–H and O–H groups in total. The average molecular weight is 927 g/mol. The maximum atomic E-state index is 14.2. The number of imide groups is 1. The number of aliphatic hydroxyl groups excluding tert-OH is 1. The van der Waals surface area contributed by atoms with E-state index in [1.54, 1.807) is 59.1 Å². The molecule has 0 aliphatic carbocycles. The van der Waals surface area contributed by atoms with Crippen molar-refractivity contribution >= 4 is 47.3 Å². The van der Waals surface area contributed by atoms with Crippen LogP contribution in [0.5, 0.6) is 0 Å². The molecule has 0 fully saturated rings. The first-order chi connectivity index (χ1) is 31.0. The Hall–Kier alpha value is -5.16. The first-order valence-electron chi connectivity index (χ1n) is 23.5. The minimum atomic E-state index is -1.23. The predicted octanol–water partition coefficient (Wildman–Crippen LogP) is 3.72. The summed E-state index contributed by atoms with van der Waals surface area (Å²) in [5.74, 6) is -5.43. The lowest BCUT2D eigenvalue weighted by molar-refractivity contribution is -0.146. The molecular weight excluding hydrogens is 849 g/mol. The molecule has 0 radical (unpaired) electrons. The number of methoxy groups -OCH3 is 1. The summed E-state index contributed by atoms with van der Waals surface area (Å²) in [4.78, 5) is 107. The van der Waals surface area contributed by atoms with Gasteiger partial charge in [-0.2, -0.15) is 0 Å². The van der Waals surface area contributed by atoms with E-state index in [-0.39, 0.29) is 73.7 Å². The fourth-order valence-corrected chi connectivity index (χ4v) is 8.33. The summed E-state index contributed by atoms with van der Waals surface area (Å²) < 4.78 is 5.64. The number of rotatable bonds is 30. The minimum Gasteiger partial charge on any atom is -0.480 e. The number of carboxylic acids is 1. The van der Waals surface area contributed by atoms with Crippen LogP contribution in [0.2, 0.25) is 0 Å². The van der Waals surface area contributed by atoms with Crippen molar-refractivity contribution in [2.75, 3.05) is 34.3 Å². The van der Waals surface area contributed by atoms with Crippen molar-refractivity contribution in [1.29, 1.82) is 0 Å². The summed E-state index contributed by atoms with van der Waals surface area (Å²) in [6.45, 7) is 15.2. The highest BCUT2D eigenvalue weighted by atomic mass is 16.5. The smallest absolute Gasteiger partial charge is 0.326 e. The Morgan fingerprint density at radius 2 is 1.42 bits per heavy atom. The Morgan fingerprint density at radius 1 is 0.803 bits per heavy atom. The zero-order chi connectivity index (χ0) is 49.8. The molecule has 0 saturated heterocycles. The van der Waals surface area contributed by atoms with Gasteiger partial charge < -0.3 is 40.7 Å². The molecule has 370 valence electrons. The number of likely N-dealkylation sites (N-methyl/N-ethyl adjacent to an activating group) is 2. The summed E-state index contributed by atoms with van der Waals surface area (Å²) in [5.41, 5.74) is 0.784. The molecule has 1 heterocycles. The van der Waals surface area contributed by atoms with E-state index in [0.29, 0.717) is 38.5 Å². The van der Waals surface area contributed by atoms with Gasteiger partial charge in [0.15, 0.2) is 0 Å². The first-order valence-corrected chi connectivity index (χ1v) is 23.5. The number of carbonyl (C=O) groups is 8. The van der Waals surface area contributed by atoms with Crippen molar-refractivity contribution in [3.05, 3.63) is 48.0 Å². The summed E-state index contributed by atoms with van der Waals surface area (Å²) in [5, 5.41) is 29.7. The molecule has 9 atom stereocenters. The quantitative estimate of drug-likeness (QED) is 0.0552. The molecule has 2 rings (SSSR count). The SMILES string of the molecule is CC[C@H](C)C(C(O)CC(=O)NC[C@H](C)CCC(OC)[C@@H](C)C(=O)N[C@@H](Cc1ccccc1)C(=O)O)N(C)C(=O)[C@@H](NC(=O)C(C(C)C)N(C)C(=O)CCCCCN1C(=O)C=CC1=O)C(C)C. The van der Waals surface area contributed by atoms with Gasteiger partial charge in [0.25, 0.3) is 11.8 Å². The molecule has 1 aromatic rings. The number of hydrogen-bond donors (Lipinski definition) is 5. The molecule has 4 unspecified atom stereocenters. The van der Waals surface area contributed by atoms with Crippen LogP contribution in [-0.2, 0) is 49.5 Å². The third-order valence-electron chi connectivity index (χ3n) is 12.7. The monoisotopic (exact) mass is 927 g/mol. The second-order valence-electron chi connectivity index (χ2n) is 18.6. The fraction of sp³-hybridized carbons (Fsp3) is 0.673. The van der Waals surface area contributed by atoms with Gasteiger partial charge in [-0.05, 0) is 54.9 Å². The van der Waals surface area contributed by atoms with E-state index in [4.69, 9.17) is 4.74 Å². The van der Waals surface area contributed by atoms with Gasteiger partial charge in [-0.1, -0.05) is 98.6 Å². The molecule has 1 aliphatic heterocycles. The number of aliphatic carboxylic acids is 1. The van der Waals surface area contributed by atoms with Crippen molar-refractivity contribution in [3.8, 4) is 0 Å². The van der Waals surface area contributed by atoms with Gasteiger partial charge in [0.2, 0.25) is 29.5 Å². The van der Waals surface area contributed by atoms with E-state index in [0.717, 1.165) is 10.5 Å². The summed E-state index contributed by atoms with van der Waals surface area (Å²) in [6, 6.07) is 5.30. The molecule has 0 aromatic heterocycles. The van der Waals surface area contributed by atoms with E-state index in [1.165, 1.54) is 29.1 Å². The number of carbonyl (C=O) groups excluding carboxylic acids is 7. The van der Waals surface area contributed by atoms with Crippen molar-refractivity contribution in [3.63, 3.8) is 0 Å². The van der Waals surface area contributed by atoms with Crippen LogP contribution >= 0.6 is 0 Å². The van der Waals surface area contributed by atoms with Crippen LogP contribution in [0.25, 0.3) is 0 Å². The Labute approximate surface area is 391 Å². The topological polar surface area (TPSA) is 232 Å². The Bertz CT molecular complexity index is 1790. The maximum Gasteiger partial charge on any atom is 0.326 e. The molecule has 17 heteroatoms. The highest BCUT2D eigenvalue weighted by molar-refractivity contribution is 6.12. The first kappa shape index (κ1) is 57.0. The van der Waals surface area contributed by atoms with Crippen LogP contribution in [0, 0.1) is 29.6 Å². The highest BCUT2D eigenvalue weighted by Gasteiger charge is 2.39. The molecule has 7 amide bonds. The molecule has 0 saturated carbocycles. The van der Waals surface area contributed by atoms with Crippen molar-refractivity contribution in [1.82, 2.24) is 30.7 Å². The van der Waals surface area contributed by atoms with E-state index in [1.807, 2.05) is 40.7 Å². The van der Waals surface area contributed by atoms with Crippen LogP contribution in [0.15, 0.2) is 42.5 Å². The Kier molecular flexibility index (Phi) is 24.3. The number of benzene rings is 1. The van der Waals surface area contributed by atoms with Crippen LogP contribution in [0.3, 0.4) is 0 Å². The van der Waals surface area contributed by atoms with E-state index in [9.17, 15) is 48.6 Å². The van der Waals surface area contributed by atoms with Crippen molar-refractivity contribution in [2.45, 2.75) is 150 Å². The fourth-order valence-electron chi connectivity index (χ4n) is 8.33. The molecule has 1 aliphatic rings. The van der Waals surface area contributed by atoms with Gasteiger partial charge in [0, 0.05) is 59.3 Å². The lowest BCUT2D eigenvalue weighted by Crippen LogP contribution is -2.60. The van der Waals surface area contributed by atoms with Crippen molar-refractivity contribution in [2.24, 2.45) is 29.6 Å². The Balaban J connectivity index is 1.98. The number of unbranched alkanes of at least 4 members (excludes halogenated alkanes) is 2. The molecule has 66 heavy (non-hydrogen) atoms. The van der Waals surface area contributed by atoms with Crippen LogP contribution in [-0.4, -0.2) is 143 Å². The summed E-state index contributed by atoms with van der Waals surface area (Å²) in [6.07, 6.45) is 4.02. The van der Waals surface area contributed by atoms with Crippen LogP contribution < -0.4 is 16.0 Å². The molecule has 17 nitrogen and oxygen atoms in total. The summed E-state index contributed by atoms with van der Waals surface area (Å²) in [7, 11) is 4.62. The van der Waals surface area contributed by atoms with Crippen molar-refractivity contribution < 1.29 is 53.3 Å². The molecular formula is C49H78N6O11. The average Bonchev–Trinajstić information content (AvgIpc) is 3.59. The minimum absolute atomic E-state index is 0.0402. The largest absolute Gasteiger partial charge is 0.480 e. The number of nitrogens with one attached hydrogen (secondary N) is 3. The number of hydrogen-bond acceptors (Lipinski definition) is 10. The van der Waals surface area contributed by atoms with Gasteiger partial charge in [-0.3, -0.25) is 38.5 Å². The number of amides is 7. The number of ether oxygens (including phenoxy) is 1. The Morgan fingerprint density at radius 3 is 1.97 bits per heavy atom. The normalized spacial score (nSPS) is 16.7. The third kappa shape index (κ3) is 17.6. The molecule has 1 aromatic carbocycles.